The molecule has 0 radical (unpaired) electrons. The Morgan fingerprint density at radius 3 is 2.82 bits per heavy atom. The number of anilines is 1. The molecular weight excluding hydrogens is 360 g/mol. The molecule has 0 aromatic heterocycles. The largest absolute Gasteiger partial charge is 0.482 e. The van der Waals surface area contributed by atoms with E-state index in [4.69, 9.17) is 9.47 Å². The summed E-state index contributed by atoms with van der Waals surface area (Å²) in [4.78, 5) is 38.2. The van der Waals surface area contributed by atoms with E-state index in [0.717, 1.165) is 19.3 Å². The Labute approximate surface area is 165 Å². The first kappa shape index (κ1) is 20.2. The van der Waals surface area contributed by atoms with Gasteiger partial charge in [0, 0.05) is 12.6 Å². The van der Waals surface area contributed by atoms with Crippen LogP contribution in [0.4, 0.5) is 5.69 Å². The maximum Gasteiger partial charge on any atom is 0.308 e. The number of nitrogens with one attached hydrogen (secondary N) is 1. The van der Waals surface area contributed by atoms with E-state index < -0.39 is 12.1 Å². The SMILES string of the molecule is C[C@@H](OC(=O)CCN1C(=O)COc2ccccc21)C(=O)N[C@@H]1CCCC[C@@H]1C. The number of hydrogen-bond donors (Lipinski definition) is 1. The van der Waals surface area contributed by atoms with Crippen molar-refractivity contribution in [2.75, 3.05) is 18.1 Å². The van der Waals surface area contributed by atoms with Crippen LogP contribution < -0.4 is 15.0 Å². The first-order chi connectivity index (χ1) is 13.5. The molecule has 1 saturated carbocycles. The molecule has 1 aromatic rings. The third-order valence-electron chi connectivity index (χ3n) is 5.46. The highest BCUT2D eigenvalue weighted by atomic mass is 16.5. The second-order valence-electron chi connectivity index (χ2n) is 7.56. The van der Waals surface area contributed by atoms with Crippen molar-refractivity contribution in [2.24, 2.45) is 5.92 Å². The summed E-state index contributed by atoms with van der Waals surface area (Å²) in [7, 11) is 0. The molecule has 7 nitrogen and oxygen atoms in total. The van der Waals surface area contributed by atoms with Crippen molar-refractivity contribution in [3.05, 3.63) is 24.3 Å². The van der Waals surface area contributed by atoms with Gasteiger partial charge in [-0.3, -0.25) is 14.4 Å². The van der Waals surface area contributed by atoms with Crippen LogP contribution in [0.1, 0.15) is 46.0 Å². The molecule has 0 spiro atoms. The summed E-state index contributed by atoms with van der Waals surface area (Å²) in [5.74, 6) is 0.0809. The van der Waals surface area contributed by atoms with Gasteiger partial charge >= 0.3 is 5.97 Å². The highest BCUT2D eigenvalue weighted by molar-refractivity contribution is 5.98. The van der Waals surface area contributed by atoms with Crippen LogP contribution in [0.25, 0.3) is 0 Å². The van der Waals surface area contributed by atoms with E-state index in [0.29, 0.717) is 17.4 Å². The summed E-state index contributed by atoms with van der Waals surface area (Å²) >= 11 is 0. The molecular formula is C21H28N2O5. The molecule has 1 heterocycles. The fraction of sp³-hybridized carbons (Fsp3) is 0.571. The standard InChI is InChI=1S/C21H28N2O5/c1-14-7-3-4-8-16(14)22-21(26)15(2)28-20(25)11-12-23-17-9-5-6-10-18(17)27-13-19(23)24/h5-6,9-10,14-16H,3-4,7-8,11-13H2,1-2H3,(H,22,26)/t14-,15+,16+/m0/s1. The number of amides is 2. The van der Waals surface area contributed by atoms with Crippen LogP contribution in [0.3, 0.4) is 0 Å². The Morgan fingerprint density at radius 2 is 2.04 bits per heavy atom. The molecule has 1 aliphatic heterocycles. The minimum Gasteiger partial charge on any atom is -0.482 e. The summed E-state index contributed by atoms with van der Waals surface area (Å²) in [6, 6.07) is 7.34. The van der Waals surface area contributed by atoms with Gasteiger partial charge in [0.2, 0.25) is 0 Å². The molecule has 2 amide bonds. The Hall–Kier alpha value is -2.57. The zero-order valence-electron chi connectivity index (χ0n) is 16.5. The number of nitrogens with zero attached hydrogens (tertiary/aromatic N) is 1. The second kappa shape index (κ2) is 9.08. The van der Waals surface area contributed by atoms with Crippen LogP contribution in [0.15, 0.2) is 24.3 Å². The Morgan fingerprint density at radius 1 is 1.29 bits per heavy atom. The lowest BCUT2D eigenvalue weighted by Gasteiger charge is -2.30. The number of esters is 1. The summed E-state index contributed by atoms with van der Waals surface area (Å²) in [6.45, 7) is 3.85. The van der Waals surface area contributed by atoms with Crippen molar-refractivity contribution >= 4 is 23.5 Å². The van der Waals surface area contributed by atoms with Crippen LogP contribution >= 0.6 is 0 Å². The molecule has 3 rings (SSSR count). The molecule has 7 heteroatoms. The van der Waals surface area contributed by atoms with Gasteiger partial charge in [0.1, 0.15) is 5.75 Å². The van der Waals surface area contributed by atoms with E-state index >= 15 is 0 Å². The molecule has 0 bridgehead atoms. The van der Waals surface area contributed by atoms with E-state index in [1.807, 2.05) is 12.1 Å². The van der Waals surface area contributed by atoms with Crippen molar-refractivity contribution in [1.82, 2.24) is 5.32 Å². The number of hydrogen-bond acceptors (Lipinski definition) is 5. The van der Waals surface area contributed by atoms with Crippen molar-refractivity contribution < 1.29 is 23.9 Å². The Balaban J connectivity index is 1.49. The van der Waals surface area contributed by atoms with Gasteiger partial charge in [-0.15, -0.1) is 0 Å². The van der Waals surface area contributed by atoms with Gasteiger partial charge in [0.05, 0.1) is 12.1 Å². The normalized spacial score (nSPS) is 22.6. The summed E-state index contributed by atoms with van der Waals surface area (Å²) in [6.07, 6.45) is 3.53. The summed E-state index contributed by atoms with van der Waals surface area (Å²) in [5, 5.41) is 3.00. The highest BCUT2D eigenvalue weighted by Gasteiger charge is 2.28. The van der Waals surface area contributed by atoms with Crippen molar-refractivity contribution in [3.8, 4) is 5.75 Å². The van der Waals surface area contributed by atoms with Crippen molar-refractivity contribution in [2.45, 2.75) is 58.1 Å². The summed E-state index contributed by atoms with van der Waals surface area (Å²) in [5.41, 5.74) is 0.642. The molecule has 2 aliphatic rings. The monoisotopic (exact) mass is 388 g/mol. The van der Waals surface area contributed by atoms with E-state index in [9.17, 15) is 14.4 Å². The zero-order chi connectivity index (χ0) is 20.1. The van der Waals surface area contributed by atoms with Crippen molar-refractivity contribution in [1.29, 1.82) is 0 Å². The molecule has 1 aliphatic carbocycles. The fourth-order valence-electron chi connectivity index (χ4n) is 3.74. The van der Waals surface area contributed by atoms with Gasteiger partial charge in [-0.1, -0.05) is 31.9 Å². The van der Waals surface area contributed by atoms with Crippen LogP contribution in [0, 0.1) is 5.92 Å². The first-order valence-corrected chi connectivity index (χ1v) is 9.97. The third-order valence-corrected chi connectivity index (χ3v) is 5.46. The average Bonchev–Trinajstić information content (AvgIpc) is 2.69. The first-order valence-electron chi connectivity index (χ1n) is 9.97. The van der Waals surface area contributed by atoms with E-state index in [1.54, 1.807) is 19.1 Å². The smallest absolute Gasteiger partial charge is 0.308 e. The topological polar surface area (TPSA) is 84.9 Å². The number of para-hydroxylation sites is 2. The second-order valence-corrected chi connectivity index (χ2v) is 7.56. The fourth-order valence-corrected chi connectivity index (χ4v) is 3.74. The lowest BCUT2D eigenvalue weighted by atomic mass is 9.86. The van der Waals surface area contributed by atoms with Gasteiger partial charge in [-0.25, -0.2) is 0 Å². The quantitative estimate of drug-likeness (QED) is 0.757. The molecule has 0 saturated heterocycles. The third kappa shape index (κ3) is 4.82. The Kier molecular flexibility index (Phi) is 6.54. The lowest BCUT2D eigenvalue weighted by molar-refractivity contribution is -0.155. The van der Waals surface area contributed by atoms with Gasteiger partial charge in [-0.2, -0.15) is 0 Å². The maximum atomic E-state index is 12.3. The van der Waals surface area contributed by atoms with E-state index in [1.165, 1.54) is 11.3 Å². The molecule has 28 heavy (non-hydrogen) atoms. The van der Waals surface area contributed by atoms with E-state index in [2.05, 4.69) is 12.2 Å². The van der Waals surface area contributed by atoms with Crippen LogP contribution in [-0.2, 0) is 19.1 Å². The van der Waals surface area contributed by atoms with Crippen molar-refractivity contribution in [3.63, 3.8) is 0 Å². The van der Waals surface area contributed by atoms with Gasteiger partial charge in [0.25, 0.3) is 11.8 Å². The predicted molar refractivity (Wildman–Crippen MR) is 104 cm³/mol. The number of benzene rings is 1. The number of carbonyl (C=O) groups excluding carboxylic acids is 3. The highest BCUT2D eigenvalue weighted by Crippen LogP contribution is 2.31. The van der Waals surface area contributed by atoms with Crippen LogP contribution in [-0.4, -0.2) is 43.1 Å². The zero-order valence-corrected chi connectivity index (χ0v) is 16.5. The molecule has 3 atom stereocenters. The minimum atomic E-state index is -0.852. The predicted octanol–water partition coefficient (Wildman–Crippen LogP) is 2.43. The van der Waals surface area contributed by atoms with Crippen LogP contribution in [0.5, 0.6) is 5.75 Å². The average molecular weight is 388 g/mol. The lowest BCUT2D eigenvalue weighted by Crippen LogP contribution is -2.46. The number of ether oxygens (including phenoxy) is 2. The van der Waals surface area contributed by atoms with Gasteiger partial charge < -0.3 is 19.7 Å². The minimum absolute atomic E-state index is 0.0114. The number of carbonyl (C=O) groups is 3. The molecule has 1 aromatic carbocycles. The number of fused-ring (bicyclic) bond motifs is 1. The molecule has 0 unspecified atom stereocenters. The molecule has 1 N–H and O–H groups in total. The van der Waals surface area contributed by atoms with Crippen LogP contribution in [0.2, 0.25) is 0 Å². The van der Waals surface area contributed by atoms with Gasteiger partial charge in [0.15, 0.2) is 12.7 Å². The molecule has 152 valence electrons. The van der Waals surface area contributed by atoms with Gasteiger partial charge in [-0.05, 0) is 37.8 Å². The molecule has 1 fully saturated rings. The number of rotatable bonds is 6. The Bertz CT molecular complexity index is 735. The van der Waals surface area contributed by atoms with E-state index in [-0.39, 0.29) is 37.4 Å². The summed E-state index contributed by atoms with van der Waals surface area (Å²) < 4.78 is 10.7. The maximum absolute atomic E-state index is 12.3.